The van der Waals surface area contributed by atoms with Gasteiger partial charge in [0.15, 0.2) is 0 Å². The van der Waals surface area contributed by atoms with Gasteiger partial charge in [-0.2, -0.15) is 0 Å². The molecule has 0 aliphatic carbocycles. The van der Waals surface area contributed by atoms with Gasteiger partial charge in [0.2, 0.25) is 0 Å². The summed E-state index contributed by atoms with van der Waals surface area (Å²) < 4.78 is 0. The van der Waals surface area contributed by atoms with Crippen molar-refractivity contribution in [1.29, 1.82) is 0 Å². The van der Waals surface area contributed by atoms with E-state index in [9.17, 15) is 0 Å². The van der Waals surface area contributed by atoms with Gasteiger partial charge in [-0.15, -0.1) is 0 Å². The van der Waals surface area contributed by atoms with Crippen molar-refractivity contribution in [1.82, 2.24) is 5.32 Å². The van der Waals surface area contributed by atoms with Crippen LogP contribution < -0.4 is 5.32 Å². The first-order valence-electron chi connectivity index (χ1n) is 11.5. The summed E-state index contributed by atoms with van der Waals surface area (Å²) in [5.41, 5.74) is 10.1. The third-order valence-corrected chi connectivity index (χ3v) is 5.95. The summed E-state index contributed by atoms with van der Waals surface area (Å²) >= 11 is 0. The summed E-state index contributed by atoms with van der Waals surface area (Å²) in [6, 6.07) is 17.6. The second-order valence-electron chi connectivity index (χ2n) is 8.81. The molecular formula is C31H39N. The Morgan fingerprint density at radius 2 is 1.66 bits per heavy atom. The van der Waals surface area contributed by atoms with Crippen LogP contribution in [0.3, 0.4) is 0 Å². The van der Waals surface area contributed by atoms with Crippen LogP contribution in [0.15, 0.2) is 103 Å². The second kappa shape index (κ2) is 12.2. The maximum Gasteiger partial charge on any atom is 0.0323 e. The Labute approximate surface area is 196 Å². The van der Waals surface area contributed by atoms with E-state index in [1.165, 1.54) is 44.5 Å². The van der Waals surface area contributed by atoms with Crippen molar-refractivity contribution >= 4 is 5.57 Å². The van der Waals surface area contributed by atoms with Crippen molar-refractivity contribution < 1.29 is 0 Å². The number of likely N-dealkylation sites (N-methyl/N-ethyl adjacent to an activating group) is 1. The molecule has 0 saturated heterocycles. The summed E-state index contributed by atoms with van der Waals surface area (Å²) in [4.78, 5) is 0. The van der Waals surface area contributed by atoms with Gasteiger partial charge in [-0.05, 0) is 80.5 Å². The highest BCUT2D eigenvalue weighted by molar-refractivity contribution is 5.85. The van der Waals surface area contributed by atoms with Crippen LogP contribution >= 0.6 is 0 Å². The molecule has 0 aliphatic rings. The molecule has 2 aromatic carbocycles. The molecule has 0 amide bonds. The zero-order chi connectivity index (χ0) is 23.7. The second-order valence-corrected chi connectivity index (χ2v) is 8.81. The fourth-order valence-corrected chi connectivity index (χ4v) is 4.13. The molecule has 168 valence electrons. The van der Waals surface area contributed by atoms with Crippen LogP contribution in [0.25, 0.3) is 5.57 Å². The van der Waals surface area contributed by atoms with E-state index in [4.69, 9.17) is 0 Å². The van der Waals surface area contributed by atoms with Gasteiger partial charge in [0, 0.05) is 6.04 Å². The van der Waals surface area contributed by atoms with Crippen LogP contribution in [0.2, 0.25) is 0 Å². The quantitative estimate of drug-likeness (QED) is 0.380. The lowest BCUT2D eigenvalue weighted by Gasteiger charge is -2.26. The van der Waals surface area contributed by atoms with Crippen LogP contribution in [0, 0.1) is 19.8 Å². The van der Waals surface area contributed by atoms with Crippen LogP contribution in [-0.2, 0) is 0 Å². The van der Waals surface area contributed by atoms with Crippen molar-refractivity contribution in [2.45, 2.75) is 47.1 Å². The Balaban J connectivity index is 2.61. The molecule has 2 aromatic rings. The first kappa shape index (κ1) is 25.4. The van der Waals surface area contributed by atoms with Crippen LogP contribution in [0.5, 0.6) is 0 Å². The molecule has 1 nitrogen and oxygen atoms in total. The molecule has 2 unspecified atom stereocenters. The van der Waals surface area contributed by atoms with Crippen molar-refractivity contribution in [3.8, 4) is 0 Å². The molecule has 32 heavy (non-hydrogen) atoms. The smallest absolute Gasteiger partial charge is 0.0323 e. The van der Waals surface area contributed by atoms with Crippen LogP contribution in [0.1, 0.15) is 49.4 Å². The van der Waals surface area contributed by atoms with Gasteiger partial charge >= 0.3 is 0 Å². The Morgan fingerprint density at radius 1 is 0.969 bits per heavy atom. The van der Waals surface area contributed by atoms with Gasteiger partial charge < -0.3 is 5.32 Å². The molecule has 0 aromatic heterocycles. The third-order valence-electron chi connectivity index (χ3n) is 5.95. The number of hydrogen-bond donors (Lipinski definition) is 1. The Hall–Kier alpha value is -2.90. The number of benzene rings is 2. The number of aryl methyl sites for hydroxylation is 2. The summed E-state index contributed by atoms with van der Waals surface area (Å²) in [5.74, 6) is 0.301. The highest BCUT2D eigenvalue weighted by Gasteiger charge is 2.21. The molecule has 0 aliphatic heterocycles. The average molecular weight is 426 g/mol. The minimum Gasteiger partial charge on any atom is -0.313 e. The summed E-state index contributed by atoms with van der Waals surface area (Å²) in [6.45, 7) is 19.2. The van der Waals surface area contributed by atoms with E-state index in [0.29, 0.717) is 5.92 Å². The normalized spacial score (nSPS) is 14.2. The lowest BCUT2D eigenvalue weighted by Crippen LogP contribution is -2.29. The van der Waals surface area contributed by atoms with E-state index in [1.54, 1.807) is 0 Å². The molecule has 0 spiro atoms. The first-order chi connectivity index (χ1) is 15.3. The molecule has 0 heterocycles. The minimum absolute atomic E-state index is 0.212. The van der Waals surface area contributed by atoms with Gasteiger partial charge in [-0.3, -0.25) is 0 Å². The lowest BCUT2D eigenvalue weighted by molar-refractivity contribution is 0.512. The maximum absolute atomic E-state index is 4.24. The summed E-state index contributed by atoms with van der Waals surface area (Å²) in [7, 11) is 2.03. The number of hydrogen-bond acceptors (Lipinski definition) is 1. The molecule has 1 heteroatoms. The largest absolute Gasteiger partial charge is 0.313 e. The molecule has 0 radical (unpaired) electrons. The minimum atomic E-state index is 0.212. The third kappa shape index (κ3) is 6.55. The van der Waals surface area contributed by atoms with Crippen molar-refractivity contribution in [3.63, 3.8) is 0 Å². The SMILES string of the molecule is C=C/C(=C(/c1ccccc1)c1cc(C)ccc1C)C(C)CC(NC)/C(C=C)=C/C=C(C)C. The molecule has 0 saturated carbocycles. The molecular weight excluding hydrogens is 386 g/mol. The predicted octanol–water partition coefficient (Wildman–Crippen LogP) is 7.98. The van der Waals surface area contributed by atoms with E-state index in [-0.39, 0.29) is 6.04 Å². The summed E-state index contributed by atoms with van der Waals surface area (Å²) in [5, 5.41) is 3.50. The Kier molecular flexibility index (Phi) is 9.68. The van der Waals surface area contributed by atoms with E-state index >= 15 is 0 Å². The zero-order valence-electron chi connectivity index (χ0n) is 20.7. The number of nitrogens with one attached hydrogen (secondary N) is 1. The predicted molar refractivity (Wildman–Crippen MR) is 143 cm³/mol. The first-order valence-corrected chi connectivity index (χ1v) is 11.5. The standard InChI is InChI=1S/C31H39N/c1-9-26(19-16-22(3)4)30(32-8)21-25(7)28(10-2)31(27-14-12-11-13-15-27)29-20-23(5)17-18-24(29)6/h9-20,25,30,32H,1-2,21H2,3-8H3/b26-19+,31-28+. The van der Waals surface area contributed by atoms with Crippen molar-refractivity contribution in [2.75, 3.05) is 7.05 Å². The topological polar surface area (TPSA) is 12.0 Å². The van der Waals surface area contributed by atoms with Gasteiger partial charge in [-0.25, -0.2) is 0 Å². The monoisotopic (exact) mass is 425 g/mol. The fraction of sp³-hybridized carbons (Fsp3) is 0.290. The zero-order valence-corrected chi connectivity index (χ0v) is 20.7. The Bertz CT molecular complexity index is 1010. The number of rotatable bonds is 10. The molecule has 0 bridgehead atoms. The highest BCUT2D eigenvalue weighted by atomic mass is 14.9. The van der Waals surface area contributed by atoms with Crippen molar-refractivity contribution in [2.24, 2.45) is 5.92 Å². The lowest BCUT2D eigenvalue weighted by atomic mass is 9.82. The molecule has 0 fully saturated rings. The van der Waals surface area contributed by atoms with Gasteiger partial charge in [-0.1, -0.05) is 104 Å². The summed E-state index contributed by atoms with van der Waals surface area (Å²) in [6.07, 6.45) is 9.30. The highest BCUT2D eigenvalue weighted by Crippen LogP contribution is 2.35. The van der Waals surface area contributed by atoms with Gasteiger partial charge in [0.1, 0.15) is 0 Å². The van der Waals surface area contributed by atoms with Crippen LogP contribution in [0.4, 0.5) is 0 Å². The number of allylic oxidation sites excluding steroid dienone is 5. The fourth-order valence-electron chi connectivity index (χ4n) is 4.13. The van der Waals surface area contributed by atoms with Gasteiger partial charge in [0.25, 0.3) is 0 Å². The van der Waals surface area contributed by atoms with E-state index < -0.39 is 0 Å². The van der Waals surface area contributed by atoms with Crippen LogP contribution in [-0.4, -0.2) is 13.1 Å². The van der Waals surface area contributed by atoms with Crippen molar-refractivity contribution in [3.05, 3.63) is 125 Å². The molecule has 2 atom stereocenters. The molecule has 1 N–H and O–H groups in total. The Morgan fingerprint density at radius 3 is 2.22 bits per heavy atom. The van der Waals surface area contributed by atoms with E-state index in [1.807, 2.05) is 13.1 Å². The van der Waals surface area contributed by atoms with E-state index in [0.717, 1.165) is 6.42 Å². The average Bonchev–Trinajstić information content (AvgIpc) is 2.78. The maximum atomic E-state index is 4.24. The van der Waals surface area contributed by atoms with Gasteiger partial charge in [0.05, 0.1) is 0 Å². The molecule has 2 rings (SSSR count). The van der Waals surface area contributed by atoms with E-state index in [2.05, 4.69) is 120 Å².